The summed E-state index contributed by atoms with van der Waals surface area (Å²) in [5, 5.41) is 4.15. The largest absolute Gasteiger partial charge is 0.346 e. The maximum absolute atomic E-state index is 12.7. The Bertz CT molecular complexity index is 551. The van der Waals surface area contributed by atoms with Gasteiger partial charge in [-0.05, 0) is 50.9 Å². The molecule has 3 saturated carbocycles. The summed E-state index contributed by atoms with van der Waals surface area (Å²) < 4.78 is 5.56. The van der Waals surface area contributed by atoms with E-state index in [-0.39, 0.29) is 17.7 Å². The molecule has 1 heterocycles. The van der Waals surface area contributed by atoms with Gasteiger partial charge in [0.25, 0.3) is 0 Å². The average Bonchev–Trinajstić information content (AvgIpc) is 2.94. The average molecular weight is 289 g/mol. The topological polar surface area (TPSA) is 59.2 Å². The van der Waals surface area contributed by atoms with Gasteiger partial charge < -0.3 is 9.42 Å². The Balaban J connectivity index is 1.62. The van der Waals surface area contributed by atoms with E-state index in [2.05, 4.69) is 10.1 Å². The Morgan fingerprint density at radius 2 is 2.05 bits per heavy atom. The van der Waals surface area contributed by atoms with Crippen molar-refractivity contribution < 1.29 is 9.32 Å². The Morgan fingerprint density at radius 1 is 1.29 bits per heavy atom. The summed E-state index contributed by atoms with van der Waals surface area (Å²) in [4.78, 5) is 19.2. The van der Waals surface area contributed by atoms with E-state index in [9.17, 15) is 4.79 Å². The molecule has 21 heavy (non-hydrogen) atoms. The molecular formula is C16H23N3O2. The molecule has 0 spiro atoms. The standard InChI is InChI=1S/C16H23N3O2/c1-3-19(2)16(20)13-11-7-6-10(8-11)12(13)15-17-14(18-21-15)9-4-5-9/h9-13H,3-8H2,1-2H3/t10-,11+,12+,13+/m1/s1. The third-order valence-electron chi connectivity index (χ3n) is 5.74. The molecule has 3 fully saturated rings. The summed E-state index contributed by atoms with van der Waals surface area (Å²) in [6.45, 7) is 2.79. The van der Waals surface area contributed by atoms with Crippen LogP contribution in [0.4, 0.5) is 0 Å². The Morgan fingerprint density at radius 3 is 2.76 bits per heavy atom. The smallest absolute Gasteiger partial charge is 0.230 e. The van der Waals surface area contributed by atoms with E-state index in [0.717, 1.165) is 24.7 Å². The molecule has 114 valence electrons. The van der Waals surface area contributed by atoms with Gasteiger partial charge in [0.15, 0.2) is 5.82 Å². The molecule has 0 aliphatic heterocycles. The second-order valence-electron chi connectivity index (χ2n) is 7.00. The van der Waals surface area contributed by atoms with Gasteiger partial charge in [-0.1, -0.05) is 5.16 Å². The van der Waals surface area contributed by atoms with Crippen LogP contribution in [-0.4, -0.2) is 34.5 Å². The zero-order chi connectivity index (χ0) is 14.6. The Kier molecular flexibility index (Phi) is 3.05. The second-order valence-corrected chi connectivity index (χ2v) is 7.00. The van der Waals surface area contributed by atoms with Gasteiger partial charge >= 0.3 is 0 Å². The second kappa shape index (κ2) is 4.82. The van der Waals surface area contributed by atoms with Crippen LogP contribution in [-0.2, 0) is 4.79 Å². The quantitative estimate of drug-likeness (QED) is 0.854. The molecule has 1 amide bonds. The van der Waals surface area contributed by atoms with E-state index < -0.39 is 0 Å². The molecule has 4 rings (SSSR count). The van der Waals surface area contributed by atoms with E-state index in [0.29, 0.717) is 17.8 Å². The fraction of sp³-hybridized carbons (Fsp3) is 0.812. The molecule has 5 nitrogen and oxygen atoms in total. The Hall–Kier alpha value is -1.39. The molecule has 0 unspecified atom stereocenters. The first-order valence-electron chi connectivity index (χ1n) is 8.27. The predicted molar refractivity (Wildman–Crippen MR) is 76.6 cm³/mol. The fourth-order valence-electron chi connectivity index (χ4n) is 4.30. The van der Waals surface area contributed by atoms with Crippen molar-refractivity contribution >= 4 is 5.91 Å². The van der Waals surface area contributed by atoms with E-state index >= 15 is 0 Å². The minimum Gasteiger partial charge on any atom is -0.346 e. The number of aromatic nitrogens is 2. The van der Waals surface area contributed by atoms with Gasteiger partial charge in [0.1, 0.15) is 0 Å². The van der Waals surface area contributed by atoms with E-state index in [1.165, 1.54) is 25.7 Å². The van der Waals surface area contributed by atoms with Crippen LogP contribution in [0.3, 0.4) is 0 Å². The van der Waals surface area contributed by atoms with Gasteiger partial charge in [-0.3, -0.25) is 4.79 Å². The summed E-state index contributed by atoms with van der Waals surface area (Å²) in [5.41, 5.74) is 0. The lowest BCUT2D eigenvalue weighted by Gasteiger charge is -2.30. The SMILES string of the molecule is CCN(C)C(=O)[C@H]1[C@H]2CC[C@H](C2)[C@@H]1c1nc(C2CC2)no1. The van der Waals surface area contributed by atoms with E-state index in [4.69, 9.17) is 4.52 Å². The zero-order valence-corrected chi connectivity index (χ0v) is 12.8. The van der Waals surface area contributed by atoms with Gasteiger partial charge in [0.05, 0.1) is 11.8 Å². The number of carbonyl (C=O) groups excluding carboxylic acids is 1. The van der Waals surface area contributed by atoms with Crippen molar-refractivity contribution in [2.75, 3.05) is 13.6 Å². The van der Waals surface area contributed by atoms with Crippen LogP contribution in [0.15, 0.2) is 4.52 Å². The van der Waals surface area contributed by atoms with Crippen molar-refractivity contribution in [1.29, 1.82) is 0 Å². The molecule has 0 radical (unpaired) electrons. The van der Waals surface area contributed by atoms with Crippen molar-refractivity contribution in [3.8, 4) is 0 Å². The molecule has 0 saturated heterocycles. The number of rotatable bonds is 4. The summed E-state index contributed by atoms with van der Waals surface area (Å²) in [6, 6.07) is 0. The van der Waals surface area contributed by atoms with Gasteiger partial charge in [-0.2, -0.15) is 4.98 Å². The van der Waals surface area contributed by atoms with Gasteiger partial charge in [-0.25, -0.2) is 0 Å². The lowest BCUT2D eigenvalue weighted by Crippen LogP contribution is -2.38. The van der Waals surface area contributed by atoms with E-state index in [1.807, 2.05) is 18.9 Å². The first kappa shape index (κ1) is 13.3. The number of hydrogen-bond donors (Lipinski definition) is 0. The van der Waals surface area contributed by atoms with Crippen molar-refractivity contribution in [3.05, 3.63) is 11.7 Å². The van der Waals surface area contributed by atoms with Crippen LogP contribution in [0.25, 0.3) is 0 Å². The van der Waals surface area contributed by atoms with Crippen molar-refractivity contribution in [1.82, 2.24) is 15.0 Å². The molecular weight excluding hydrogens is 266 g/mol. The van der Waals surface area contributed by atoms with Crippen molar-refractivity contribution in [3.63, 3.8) is 0 Å². The fourth-order valence-corrected chi connectivity index (χ4v) is 4.30. The van der Waals surface area contributed by atoms with Crippen LogP contribution >= 0.6 is 0 Å². The van der Waals surface area contributed by atoms with Crippen LogP contribution < -0.4 is 0 Å². The van der Waals surface area contributed by atoms with Crippen molar-refractivity contribution in [2.45, 2.75) is 50.9 Å². The molecule has 2 bridgehead atoms. The first-order valence-corrected chi connectivity index (χ1v) is 8.27. The zero-order valence-electron chi connectivity index (χ0n) is 12.8. The third kappa shape index (κ3) is 2.09. The number of fused-ring (bicyclic) bond motifs is 2. The van der Waals surface area contributed by atoms with Gasteiger partial charge in [0, 0.05) is 19.5 Å². The highest BCUT2D eigenvalue weighted by molar-refractivity contribution is 5.80. The molecule has 5 heteroatoms. The predicted octanol–water partition coefficient (Wildman–Crippen LogP) is 2.56. The number of amides is 1. The lowest BCUT2D eigenvalue weighted by molar-refractivity contribution is -0.136. The number of nitrogens with zero attached hydrogens (tertiary/aromatic N) is 3. The highest BCUT2D eigenvalue weighted by Gasteiger charge is 2.54. The third-order valence-corrected chi connectivity index (χ3v) is 5.74. The van der Waals surface area contributed by atoms with Crippen LogP contribution in [0.5, 0.6) is 0 Å². The summed E-state index contributed by atoms with van der Waals surface area (Å²) >= 11 is 0. The Labute approximate surface area is 125 Å². The molecule has 0 aromatic carbocycles. The molecule has 1 aromatic heterocycles. The minimum atomic E-state index is 0.0567. The maximum atomic E-state index is 12.7. The normalized spacial score (nSPS) is 34.4. The van der Waals surface area contributed by atoms with E-state index in [1.54, 1.807) is 0 Å². The molecule has 4 atom stereocenters. The first-order chi connectivity index (χ1) is 10.2. The number of carbonyl (C=O) groups is 1. The summed E-state index contributed by atoms with van der Waals surface area (Å²) in [5.74, 6) is 3.65. The molecule has 3 aliphatic carbocycles. The maximum Gasteiger partial charge on any atom is 0.230 e. The van der Waals surface area contributed by atoms with Gasteiger partial charge in [0.2, 0.25) is 11.8 Å². The minimum absolute atomic E-state index is 0.0567. The monoisotopic (exact) mass is 289 g/mol. The molecule has 3 aliphatic rings. The molecule has 0 N–H and O–H groups in total. The van der Waals surface area contributed by atoms with Crippen molar-refractivity contribution in [2.24, 2.45) is 17.8 Å². The van der Waals surface area contributed by atoms with Gasteiger partial charge in [-0.15, -0.1) is 0 Å². The summed E-state index contributed by atoms with van der Waals surface area (Å²) in [6.07, 6.45) is 5.89. The highest BCUT2D eigenvalue weighted by Crippen LogP contribution is 2.57. The number of hydrogen-bond acceptors (Lipinski definition) is 4. The molecule has 1 aromatic rings. The van der Waals surface area contributed by atoms with Crippen LogP contribution in [0.1, 0.15) is 62.6 Å². The van der Waals surface area contributed by atoms with Crippen LogP contribution in [0.2, 0.25) is 0 Å². The summed E-state index contributed by atoms with van der Waals surface area (Å²) in [7, 11) is 1.90. The van der Waals surface area contributed by atoms with Crippen LogP contribution in [0, 0.1) is 17.8 Å². The highest BCUT2D eigenvalue weighted by atomic mass is 16.5. The lowest BCUT2D eigenvalue weighted by atomic mass is 9.78.